The van der Waals surface area contributed by atoms with Crippen LogP contribution in [0, 0.1) is 0 Å². The SMILES string of the molecule is COC(CNC(=O)CCC(=O)Cl)OC. The molecular weight excluding hydrogens is 210 g/mol. The minimum Gasteiger partial charge on any atom is -0.354 e. The van der Waals surface area contributed by atoms with E-state index in [-0.39, 0.29) is 25.3 Å². The van der Waals surface area contributed by atoms with E-state index in [4.69, 9.17) is 21.1 Å². The first kappa shape index (κ1) is 13.4. The second-order valence-corrected chi connectivity index (χ2v) is 2.98. The van der Waals surface area contributed by atoms with Crippen molar-refractivity contribution in [3.05, 3.63) is 0 Å². The molecular formula is C8H14ClNO4. The lowest BCUT2D eigenvalue weighted by Crippen LogP contribution is -2.34. The van der Waals surface area contributed by atoms with Crippen LogP contribution in [0.25, 0.3) is 0 Å². The van der Waals surface area contributed by atoms with Gasteiger partial charge in [-0.3, -0.25) is 9.59 Å². The lowest BCUT2D eigenvalue weighted by Gasteiger charge is -2.13. The maximum Gasteiger partial charge on any atom is 0.222 e. The molecule has 0 heterocycles. The summed E-state index contributed by atoms with van der Waals surface area (Å²) in [6, 6.07) is 0. The van der Waals surface area contributed by atoms with Gasteiger partial charge >= 0.3 is 0 Å². The van der Waals surface area contributed by atoms with Crippen molar-refractivity contribution in [1.82, 2.24) is 5.32 Å². The average Bonchev–Trinajstić information content (AvgIpc) is 2.16. The molecule has 0 aromatic heterocycles. The molecule has 0 unspecified atom stereocenters. The van der Waals surface area contributed by atoms with Crippen molar-refractivity contribution in [1.29, 1.82) is 0 Å². The van der Waals surface area contributed by atoms with Gasteiger partial charge in [0.2, 0.25) is 11.1 Å². The second-order valence-electron chi connectivity index (χ2n) is 2.56. The van der Waals surface area contributed by atoms with Gasteiger partial charge in [0.25, 0.3) is 0 Å². The van der Waals surface area contributed by atoms with Crippen LogP contribution in [-0.4, -0.2) is 38.2 Å². The minimum absolute atomic E-state index is 0.0397. The Morgan fingerprint density at radius 1 is 1.29 bits per heavy atom. The van der Waals surface area contributed by atoms with E-state index in [9.17, 15) is 9.59 Å². The molecule has 0 aliphatic rings. The monoisotopic (exact) mass is 223 g/mol. The van der Waals surface area contributed by atoms with E-state index in [0.717, 1.165) is 0 Å². The lowest BCUT2D eigenvalue weighted by molar-refractivity contribution is -0.128. The Balaban J connectivity index is 3.57. The summed E-state index contributed by atoms with van der Waals surface area (Å²) >= 11 is 5.07. The molecule has 0 saturated heterocycles. The van der Waals surface area contributed by atoms with Crippen LogP contribution in [0.4, 0.5) is 0 Å². The molecule has 0 radical (unpaired) electrons. The zero-order valence-electron chi connectivity index (χ0n) is 8.21. The zero-order valence-corrected chi connectivity index (χ0v) is 8.97. The van der Waals surface area contributed by atoms with Crippen molar-refractivity contribution in [3.63, 3.8) is 0 Å². The molecule has 1 amide bonds. The van der Waals surface area contributed by atoms with E-state index in [0.29, 0.717) is 0 Å². The molecule has 0 aliphatic carbocycles. The van der Waals surface area contributed by atoms with Crippen molar-refractivity contribution < 1.29 is 19.1 Å². The molecule has 0 rings (SSSR count). The molecule has 14 heavy (non-hydrogen) atoms. The summed E-state index contributed by atoms with van der Waals surface area (Å²) in [6.45, 7) is 0.252. The number of halogens is 1. The molecule has 1 N–H and O–H groups in total. The molecule has 0 aliphatic heterocycles. The first-order valence-corrected chi connectivity index (χ1v) is 4.48. The fourth-order valence-electron chi connectivity index (χ4n) is 0.760. The van der Waals surface area contributed by atoms with Gasteiger partial charge in [-0.1, -0.05) is 0 Å². The Bertz CT molecular complexity index is 194. The molecule has 0 spiro atoms. The van der Waals surface area contributed by atoms with Gasteiger partial charge in [0.05, 0.1) is 6.54 Å². The van der Waals surface area contributed by atoms with Gasteiger partial charge in [0.15, 0.2) is 6.29 Å². The first-order valence-electron chi connectivity index (χ1n) is 4.10. The predicted molar refractivity (Wildman–Crippen MR) is 50.9 cm³/mol. The molecule has 0 fully saturated rings. The largest absolute Gasteiger partial charge is 0.354 e. The maximum atomic E-state index is 11.1. The highest BCUT2D eigenvalue weighted by molar-refractivity contribution is 6.63. The summed E-state index contributed by atoms with van der Waals surface area (Å²) in [4.78, 5) is 21.4. The van der Waals surface area contributed by atoms with Crippen LogP contribution in [0.1, 0.15) is 12.8 Å². The predicted octanol–water partition coefficient (Wildman–Crippen LogP) is 0.267. The van der Waals surface area contributed by atoms with E-state index in [1.54, 1.807) is 0 Å². The summed E-state index contributed by atoms with van der Waals surface area (Å²) in [5, 5.41) is 2.02. The number of hydrogen-bond acceptors (Lipinski definition) is 4. The summed E-state index contributed by atoms with van der Waals surface area (Å²) in [5.41, 5.74) is 0. The molecule has 82 valence electrons. The third-order valence-corrected chi connectivity index (χ3v) is 1.73. The fraction of sp³-hybridized carbons (Fsp3) is 0.750. The zero-order chi connectivity index (χ0) is 11.0. The van der Waals surface area contributed by atoms with E-state index in [2.05, 4.69) is 5.32 Å². The number of ether oxygens (including phenoxy) is 2. The van der Waals surface area contributed by atoms with Crippen molar-refractivity contribution in [3.8, 4) is 0 Å². The summed E-state index contributed by atoms with van der Waals surface area (Å²) in [5.74, 6) is -0.252. The van der Waals surface area contributed by atoms with E-state index in [1.165, 1.54) is 14.2 Å². The lowest BCUT2D eigenvalue weighted by atomic mass is 10.3. The second kappa shape index (κ2) is 7.73. The van der Waals surface area contributed by atoms with Gasteiger partial charge in [-0.25, -0.2) is 0 Å². The van der Waals surface area contributed by atoms with Crippen LogP contribution in [0.15, 0.2) is 0 Å². The van der Waals surface area contributed by atoms with Crippen molar-refractivity contribution in [2.45, 2.75) is 19.1 Å². The Labute approximate surface area is 87.7 Å². The average molecular weight is 224 g/mol. The van der Waals surface area contributed by atoms with Gasteiger partial charge in [0.1, 0.15) is 0 Å². The first-order chi connectivity index (χ1) is 6.60. The third kappa shape index (κ3) is 6.82. The quantitative estimate of drug-likeness (QED) is 0.497. The minimum atomic E-state index is -0.518. The van der Waals surface area contributed by atoms with Gasteiger partial charge < -0.3 is 14.8 Å². The van der Waals surface area contributed by atoms with Gasteiger partial charge in [-0.2, -0.15) is 0 Å². The van der Waals surface area contributed by atoms with Crippen LogP contribution < -0.4 is 5.32 Å². The van der Waals surface area contributed by atoms with Gasteiger partial charge in [0, 0.05) is 27.1 Å². The number of carbonyl (C=O) groups is 2. The van der Waals surface area contributed by atoms with Crippen molar-refractivity contribution >= 4 is 22.8 Å². The normalized spacial score (nSPS) is 10.3. The molecule has 0 saturated carbocycles. The van der Waals surface area contributed by atoms with Crippen LogP contribution in [0.3, 0.4) is 0 Å². The van der Waals surface area contributed by atoms with E-state index >= 15 is 0 Å². The standard InChI is InChI=1S/C8H14ClNO4/c1-13-8(14-2)5-10-7(12)4-3-6(9)11/h8H,3-5H2,1-2H3,(H,10,12). The topological polar surface area (TPSA) is 64.6 Å². The molecule has 0 bridgehead atoms. The van der Waals surface area contributed by atoms with Crippen LogP contribution in [0.2, 0.25) is 0 Å². The maximum absolute atomic E-state index is 11.1. The number of hydrogen-bond donors (Lipinski definition) is 1. The Hall–Kier alpha value is -0.650. The highest BCUT2D eigenvalue weighted by atomic mass is 35.5. The molecule has 0 aromatic rings. The summed E-state index contributed by atoms with van der Waals surface area (Å²) in [7, 11) is 2.95. The molecule has 6 heteroatoms. The van der Waals surface area contributed by atoms with Crippen LogP contribution in [-0.2, 0) is 19.1 Å². The van der Waals surface area contributed by atoms with Crippen molar-refractivity contribution in [2.75, 3.05) is 20.8 Å². The van der Waals surface area contributed by atoms with Crippen LogP contribution >= 0.6 is 11.6 Å². The van der Waals surface area contributed by atoms with Crippen LogP contribution in [0.5, 0.6) is 0 Å². The summed E-state index contributed by atoms with van der Waals surface area (Å²) in [6.07, 6.45) is -0.341. The smallest absolute Gasteiger partial charge is 0.222 e. The van der Waals surface area contributed by atoms with Gasteiger partial charge in [-0.05, 0) is 11.6 Å². The molecule has 0 aromatic carbocycles. The third-order valence-electron chi connectivity index (χ3n) is 1.54. The van der Waals surface area contributed by atoms with E-state index in [1.807, 2.05) is 0 Å². The Morgan fingerprint density at radius 3 is 2.29 bits per heavy atom. The molecule has 0 atom stereocenters. The van der Waals surface area contributed by atoms with Gasteiger partial charge in [-0.15, -0.1) is 0 Å². The number of nitrogens with one attached hydrogen (secondary N) is 1. The summed E-state index contributed by atoms with van der Waals surface area (Å²) < 4.78 is 9.69. The fourth-order valence-corrected chi connectivity index (χ4v) is 0.855. The Kier molecular flexibility index (Phi) is 7.37. The van der Waals surface area contributed by atoms with Crippen molar-refractivity contribution in [2.24, 2.45) is 0 Å². The molecule has 5 nitrogen and oxygen atoms in total. The number of rotatable bonds is 7. The Morgan fingerprint density at radius 2 is 1.86 bits per heavy atom. The number of carbonyl (C=O) groups excluding carboxylic acids is 2. The highest BCUT2D eigenvalue weighted by Gasteiger charge is 2.08. The highest BCUT2D eigenvalue weighted by Crippen LogP contribution is 1.95. The number of methoxy groups -OCH3 is 2. The number of amides is 1. The van der Waals surface area contributed by atoms with E-state index < -0.39 is 11.5 Å².